The molecule has 1 aliphatic heterocycles. The molecule has 0 fully saturated rings. The van der Waals surface area contributed by atoms with E-state index in [4.69, 9.17) is 9.53 Å². The number of carbonyl (C=O) groups is 3. The van der Waals surface area contributed by atoms with Crippen LogP contribution in [0.3, 0.4) is 0 Å². The first-order valence-electron chi connectivity index (χ1n) is 11.8. The second kappa shape index (κ2) is 14.0. The van der Waals surface area contributed by atoms with Crippen molar-refractivity contribution in [3.63, 3.8) is 0 Å². The lowest BCUT2D eigenvalue weighted by Crippen LogP contribution is -2.36. The Morgan fingerprint density at radius 2 is 1.56 bits per heavy atom. The number of alkyl halides is 9. The maximum Gasteiger partial charge on any atom is 0.573 e. The Labute approximate surface area is 242 Å². The highest BCUT2D eigenvalue weighted by Crippen LogP contribution is 2.35. The van der Waals surface area contributed by atoms with Gasteiger partial charge in [0.15, 0.2) is 11.5 Å². The predicted octanol–water partition coefficient (Wildman–Crippen LogP) is 6.57. The van der Waals surface area contributed by atoms with E-state index in [-0.39, 0.29) is 36.2 Å². The zero-order chi connectivity index (χ0) is 32.8. The fourth-order valence-electron chi connectivity index (χ4n) is 3.54. The number of hydrogen-bond donors (Lipinski definition) is 1. The van der Waals surface area contributed by atoms with Crippen molar-refractivity contribution in [2.75, 3.05) is 12.4 Å². The van der Waals surface area contributed by atoms with Crippen LogP contribution in [0, 0.1) is 5.92 Å². The number of amides is 2. The summed E-state index contributed by atoms with van der Waals surface area (Å²) in [5.41, 5.74) is 1.10. The molecule has 1 atom stereocenters. The maximum absolute atomic E-state index is 12.8. The lowest BCUT2D eigenvalue weighted by molar-refractivity contribution is -0.275. The number of ether oxygens (including phenoxy) is 2. The summed E-state index contributed by atoms with van der Waals surface area (Å²) < 4.78 is 117. The Hall–Kier alpha value is -4.02. The Balaban J connectivity index is 0.000000821. The smallest absolute Gasteiger partial charge is 0.493 e. The van der Waals surface area contributed by atoms with Gasteiger partial charge in [-0.2, -0.15) is 31.4 Å². The van der Waals surface area contributed by atoms with Crippen LogP contribution in [0.15, 0.2) is 47.6 Å². The molecule has 0 aliphatic carbocycles. The van der Waals surface area contributed by atoms with Crippen LogP contribution < -0.4 is 14.8 Å². The molecule has 8 nitrogen and oxygen atoms in total. The highest BCUT2D eigenvalue weighted by Gasteiger charge is 2.39. The number of nitrogens with zero attached hydrogens (tertiary/aromatic N) is 2. The number of benzene rings is 2. The van der Waals surface area contributed by atoms with Gasteiger partial charge in [-0.15, -0.1) is 13.2 Å². The summed E-state index contributed by atoms with van der Waals surface area (Å²) in [6.07, 6.45) is -14.3. The van der Waals surface area contributed by atoms with Crippen LogP contribution in [0.4, 0.5) is 45.2 Å². The average Bonchev–Trinajstić information content (AvgIpc) is 2.89. The van der Waals surface area contributed by atoms with E-state index < -0.39 is 35.6 Å². The number of anilines is 1. The van der Waals surface area contributed by atoms with E-state index in [1.54, 1.807) is 5.32 Å². The molecule has 0 spiro atoms. The van der Waals surface area contributed by atoms with Gasteiger partial charge in [-0.25, -0.2) is 5.01 Å². The largest absolute Gasteiger partial charge is 0.573 e. The Kier molecular flexibility index (Phi) is 11.4. The van der Waals surface area contributed by atoms with Gasteiger partial charge in [0.2, 0.25) is 5.91 Å². The van der Waals surface area contributed by atoms with Crippen molar-refractivity contribution in [3.05, 3.63) is 53.6 Å². The van der Waals surface area contributed by atoms with Gasteiger partial charge in [0, 0.05) is 23.6 Å². The molecular formula is C25H21ClF9N3O5. The lowest BCUT2D eigenvalue weighted by atomic mass is 9.89. The highest BCUT2D eigenvalue weighted by atomic mass is 35.5. The Morgan fingerprint density at radius 1 is 0.977 bits per heavy atom. The molecule has 1 N–H and O–H groups in total. The van der Waals surface area contributed by atoms with Gasteiger partial charge in [-0.1, -0.05) is 19.1 Å². The molecule has 0 aromatic heterocycles. The summed E-state index contributed by atoms with van der Waals surface area (Å²) in [7, 11) is 1.20. The minimum atomic E-state index is -5.04. The third-order valence-electron chi connectivity index (χ3n) is 5.53. The molecule has 2 aromatic carbocycles. The van der Waals surface area contributed by atoms with E-state index in [0.29, 0.717) is 23.3 Å². The summed E-state index contributed by atoms with van der Waals surface area (Å²) >= 11 is 3.99. The molecule has 0 radical (unpaired) electrons. The summed E-state index contributed by atoms with van der Waals surface area (Å²) in [5, 5.41) is 4.95. The summed E-state index contributed by atoms with van der Waals surface area (Å²) in [6, 6.07) is 9.29. The zero-order valence-corrected chi connectivity index (χ0v) is 22.7. The van der Waals surface area contributed by atoms with E-state index in [1.165, 1.54) is 43.5 Å². The summed E-state index contributed by atoms with van der Waals surface area (Å²) in [4.78, 5) is 32.8. The van der Waals surface area contributed by atoms with Crippen molar-refractivity contribution < 1.29 is 63.4 Å². The highest BCUT2D eigenvalue weighted by molar-refractivity contribution is 6.64. The molecule has 1 aliphatic rings. The number of nitrogens with one attached hydrogen (secondary N) is 1. The first kappa shape index (κ1) is 35.2. The molecule has 0 saturated heterocycles. The topological polar surface area (TPSA) is 97.3 Å². The van der Waals surface area contributed by atoms with E-state index in [9.17, 15) is 49.1 Å². The molecule has 1 unspecified atom stereocenters. The molecule has 0 saturated carbocycles. The van der Waals surface area contributed by atoms with E-state index in [1.807, 2.05) is 6.92 Å². The second-order valence-electron chi connectivity index (χ2n) is 8.58. The third kappa shape index (κ3) is 10.6. The first-order valence-corrected chi connectivity index (χ1v) is 12.2. The van der Waals surface area contributed by atoms with Gasteiger partial charge >= 0.3 is 29.9 Å². The van der Waals surface area contributed by atoms with Gasteiger partial charge in [-0.3, -0.25) is 14.4 Å². The van der Waals surface area contributed by atoms with Crippen LogP contribution in [0.25, 0.3) is 0 Å². The van der Waals surface area contributed by atoms with E-state index >= 15 is 0 Å². The van der Waals surface area contributed by atoms with E-state index in [2.05, 4.69) is 21.4 Å². The number of halogens is 10. The fraction of sp³-hybridized carbons (Fsp3) is 0.360. The van der Waals surface area contributed by atoms with Gasteiger partial charge in [-0.05, 0) is 53.9 Å². The van der Waals surface area contributed by atoms with Crippen LogP contribution in [-0.4, -0.2) is 53.6 Å². The molecule has 3 rings (SSSR count). The molecular weight excluding hydrogens is 629 g/mol. The number of methoxy groups -OCH3 is 1. The van der Waals surface area contributed by atoms with Crippen molar-refractivity contribution in [2.24, 2.45) is 11.0 Å². The summed E-state index contributed by atoms with van der Waals surface area (Å²) in [5.74, 6) is -3.50. The lowest BCUT2D eigenvalue weighted by Gasteiger charge is -2.29. The van der Waals surface area contributed by atoms with Crippen molar-refractivity contribution in [3.8, 4) is 11.5 Å². The number of rotatable bonds is 7. The number of carbonyl (C=O) groups excluding carboxylic acids is 3. The van der Waals surface area contributed by atoms with Crippen LogP contribution in [0.2, 0.25) is 0 Å². The minimum absolute atomic E-state index is 0.0473. The molecule has 2 amide bonds. The third-order valence-corrected chi connectivity index (χ3v) is 5.74. The second-order valence-corrected chi connectivity index (χ2v) is 8.92. The van der Waals surface area contributed by atoms with Gasteiger partial charge < -0.3 is 14.8 Å². The first-order chi connectivity index (χ1) is 19.7. The molecule has 43 heavy (non-hydrogen) atoms. The number of hydrazone groups is 1. The standard InChI is InChI=1S/C23H21F6N3O4.C2ClF3O/c1-3-14-11-19(33)32(12-13-4-7-16(8-5-13)30-21(34)22(24,25)26)31-20(14)15-6-9-17(35-2)18(10-15)36-23(27,28)29;3-1(7)2(4,5)6/h4-10,14H,3,11-12H2,1-2H3,(H,30,34);. The van der Waals surface area contributed by atoms with Crippen LogP contribution in [-0.2, 0) is 20.9 Å². The quantitative estimate of drug-likeness (QED) is 0.270. The molecule has 18 heteroatoms. The average molecular weight is 650 g/mol. The molecule has 1 heterocycles. The Morgan fingerprint density at radius 3 is 2.02 bits per heavy atom. The van der Waals surface area contributed by atoms with Gasteiger partial charge in [0.25, 0.3) is 0 Å². The normalized spacial score (nSPS) is 15.6. The van der Waals surface area contributed by atoms with Gasteiger partial charge in [0.1, 0.15) is 0 Å². The maximum atomic E-state index is 12.8. The van der Waals surface area contributed by atoms with E-state index in [0.717, 1.165) is 11.1 Å². The molecule has 0 bridgehead atoms. The zero-order valence-electron chi connectivity index (χ0n) is 22.0. The number of hydrogen-bond acceptors (Lipinski definition) is 6. The van der Waals surface area contributed by atoms with Crippen molar-refractivity contribution in [2.45, 2.75) is 45.0 Å². The van der Waals surface area contributed by atoms with Crippen LogP contribution >= 0.6 is 11.6 Å². The molecule has 2 aromatic rings. The SMILES string of the molecule is CCC1CC(=O)N(Cc2ccc(NC(=O)C(F)(F)F)cc2)N=C1c1ccc(OC)c(OC(F)(F)F)c1.O=C(Cl)C(F)(F)F. The van der Waals surface area contributed by atoms with Crippen molar-refractivity contribution >= 4 is 40.1 Å². The Bertz CT molecular complexity index is 1340. The minimum Gasteiger partial charge on any atom is -0.493 e. The fourth-order valence-corrected chi connectivity index (χ4v) is 3.54. The van der Waals surface area contributed by atoms with Crippen molar-refractivity contribution in [1.29, 1.82) is 0 Å². The summed E-state index contributed by atoms with van der Waals surface area (Å²) in [6.45, 7) is 1.77. The van der Waals surface area contributed by atoms with Crippen LogP contribution in [0.1, 0.15) is 30.9 Å². The molecule has 236 valence electrons. The van der Waals surface area contributed by atoms with Gasteiger partial charge in [0.05, 0.1) is 19.4 Å². The van der Waals surface area contributed by atoms with Crippen LogP contribution in [0.5, 0.6) is 11.5 Å². The predicted molar refractivity (Wildman–Crippen MR) is 133 cm³/mol. The monoisotopic (exact) mass is 649 g/mol. The van der Waals surface area contributed by atoms with Crippen molar-refractivity contribution in [1.82, 2.24) is 5.01 Å².